The number of carbonyl (C=O) groups excluding carboxylic acids is 2. The predicted octanol–water partition coefficient (Wildman–Crippen LogP) is 2.67. The topological polar surface area (TPSA) is 123 Å². The monoisotopic (exact) mass is 341 g/mol. The van der Waals surface area contributed by atoms with Crippen LogP contribution in [0.25, 0.3) is 10.2 Å². The lowest BCUT2D eigenvalue weighted by Gasteiger charge is -2.07. The van der Waals surface area contributed by atoms with Gasteiger partial charge in [-0.15, -0.1) is 0 Å². The van der Waals surface area contributed by atoms with E-state index in [1.165, 1.54) is 18.3 Å². The van der Waals surface area contributed by atoms with Crippen molar-refractivity contribution in [1.29, 1.82) is 0 Å². The Morgan fingerprint density at radius 2 is 1.75 bits per heavy atom. The first-order valence-corrected chi connectivity index (χ1v) is 7.88. The molecule has 3 aromatic rings. The maximum atomic E-state index is 12.3. The van der Waals surface area contributed by atoms with E-state index >= 15 is 0 Å². The van der Waals surface area contributed by atoms with Crippen molar-refractivity contribution in [3.8, 4) is 0 Å². The average molecular weight is 341 g/mol. The summed E-state index contributed by atoms with van der Waals surface area (Å²) in [6.07, 6.45) is 0. The van der Waals surface area contributed by atoms with E-state index in [0.29, 0.717) is 27.8 Å². The Balaban J connectivity index is 1.84. The molecule has 0 aliphatic heterocycles. The highest BCUT2D eigenvalue weighted by Crippen LogP contribution is 2.28. The standard InChI is InChI=1S/C16H15N5O2S/c1-8(22)19-16-21-13-3-2-12(7-14(13)24-16)20-15(23)9-4-10(17)6-11(18)5-9/h2-7H,17-18H2,1H3,(H,20,23)(H,19,21,22). The number of benzene rings is 2. The average Bonchev–Trinajstić information content (AvgIpc) is 2.86. The number of thiazole rings is 1. The van der Waals surface area contributed by atoms with Gasteiger partial charge in [0.15, 0.2) is 5.13 Å². The zero-order valence-corrected chi connectivity index (χ0v) is 13.6. The van der Waals surface area contributed by atoms with Gasteiger partial charge in [0.05, 0.1) is 10.2 Å². The lowest BCUT2D eigenvalue weighted by atomic mass is 10.1. The molecule has 0 saturated carbocycles. The van der Waals surface area contributed by atoms with Crippen molar-refractivity contribution in [2.45, 2.75) is 6.92 Å². The van der Waals surface area contributed by atoms with Crippen LogP contribution in [0.3, 0.4) is 0 Å². The van der Waals surface area contributed by atoms with Gasteiger partial charge in [-0.3, -0.25) is 9.59 Å². The minimum atomic E-state index is -0.306. The van der Waals surface area contributed by atoms with Crippen molar-refractivity contribution in [3.05, 3.63) is 42.0 Å². The van der Waals surface area contributed by atoms with Crippen molar-refractivity contribution in [2.24, 2.45) is 0 Å². The summed E-state index contributed by atoms with van der Waals surface area (Å²) in [5.74, 6) is -0.484. The van der Waals surface area contributed by atoms with Crippen LogP contribution in [-0.2, 0) is 4.79 Å². The normalized spacial score (nSPS) is 10.5. The molecule has 6 N–H and O–H groups in total. The van der Waals surface area contributed by atoms with Crippen molar-refractivity contribution in [1.82, 2.24) is 4.98 Å². The van der Waals surface area contributed by atoms with Crippen LogP contribution < -0.4 is 22.1 Å². The quantitative estimate of drug-likeness (QED) is 0.545. The maximum absolute atomic E-state index is 12.3. The molecular formula is C16H15N5O2S. The minimum absolute atomic E-state index is 0.179. The van der Waals surface area contributed by atoms with Crippen LogP contribution in [0.4, 0.5) is 22.2 Å². The van der Waals surface area contributed by atoms with Crippen LogP contribution in [-0.4, -0.2) is 16.8 Å². The Morgan fingerprint density at radius 3 is 2.42 bits per heavy atom. The van der Waals surface area contributed by atoms with Crippen molar-refractivity contribution < 1.29 is 9.59 Å². The molecule has 0 aliphatic carbocycles. The van der Waals surface area contributed by atoms with Gasteiger partial charge in [-0.1, -0.05) is 11.3 Å². The van der Waals surface area contributed by atoms with Gasteiger partial charge in [0, 0.05) is 29.5 Å². The van der Waals surface area contributed by atoms with Gasteiger partial charge in [0.1, 0.15) is 0 Å². The lowest BCUT2D eigenvalue weighted by molar-refractivity contribution is -0.114. The number of hydrogen-bond acceptors (Lipinski definition) is 6. The second kappa shape index (κ2) is 6.17. The third-order valence-corrected chi connectivity index (χ3v) is 4.10. The van der Waals surface area contributed by atoms with Crippen molar-refractivity contribution in [3.63, 3.8) is 0 Å². The summed E-state index contributed by atoms with van der Waals surface area (Å²) < 4.78 is 0.851. The first-order chi connectivity index (χ1) is 11.4. The van der Waals surface area contributed by atoms with Crippen LogP contribution in [0.2, 0.25) is 0 Å². The van der Waals surface area contributed by atoms with Crippen LogP contribution in [0.5, 0.6) is 0 Å². The predicted molar refractivity (Wildman–Crippen MR) is 97.1 cm³/mol. The molecule has 0 fully saturated rings. The number of nitrogens with zero attached hydrogens (tertiary/aromatic N) is 1. The van der Waals surface area contributed by atoms with E-state index in [1.807, 2.05) is 0 Å². The molecule has 7 nitrogen and oxygen atoms in total. The molecule has 24 heavy (non-hydrogen) atoms. The van der Waals surface area contributed by atoms with Gasteiger partial charge in [0.25, 0.3) is 5.91 Å². The number of fused-ring (bicyclic) bond motifs is 1. The van der Waals surface area contributed by atoms with Crippen LogP contribution in [0.1, 0.15) is 17.3 Å². The maximum Gasteiger partial charge on any atom is 0.255 e. The van der Waals surface area contributed by atoms with E-state index in [2.05, 4.69) is 15.6 Å². The summed E-state index contributed by atoms with van der Waals surface area (Å²) in [7, 11) is 0. The fraction of sp³-hybridized carbons (Fsp3) is 0.0625. The molecule has 1 heterocycles. The number of anilines is 4. The molecule has 0 bridgehead atoms. The highest BCUT2D eigenvalue weighted by molar-refractivity contribution is 7.22. The van der Waals surface area contributed by atoms with Gasteiger partial charge in [0.2, 0.25) is 5.91 Å². The Labute approximate surface area is 141 Å². The van der Waals surface area contributed by atoms with E-state index in [-0.39, 0.29) is 11.8 Å². The van der Waals surface area contributed by atoms with Gasteiger partial charge >= 0.3 is 0 Å². The lowest BCUT2D eigenvalue weighted by Crippen LogP contribution is -2.12. The fourth-order valence-corrected chi connectivity index (χ4v) is 3.17. The molecule has 1 aromatic heterocycles. The first kappa shape index (κ1) is 15.8. The van der Waals surface area contributed by atoms with Gasteiger partial charge in [-0.05, 0) is 36.4 Å². The van der Waals surface area contributed by atoms with Crippen molar-refractivity contribution in [2.75, 3.05) is 22.1 Å². The molecule has 0 atom stereocenters. The Hall–Kier alpha value is -3.13. The molecule has 0 unspecified atom stereocenters. The molecule has 0 radical (unpaired) electrons. The van der Waals surface area contributed by atoms with E-state index < -0.39 is 0 Å². The molecule has 0 spiro atoms. The highest BCUT2D eigenvalue weighted by Gasteiger charge is 2.10. The summed E-state index contributed by atoms with van der Waals surface area (Å²) in [5, 5.41) is 5.96. The van der Waals surface area contributed by atoms with E-state index in [1.54, 1.807) is 36.4 Å². The largest absolute Gasteiger partial charge is 0.399 e. The minimum Gasteiger partial charge on any atom is -0.399 e. The summed E-state index contributed by atoms with van der Waals surface area (Å²) >= 11 is 1.33. The van der Waals surface area contributed by atoms with Crippen LogP contribution in [0, 0.1) is 0 Å². The molecule has 0 aliphatic rings. The van der Waals surface area contributed by atoms with Gasteiger partial charge in [-0.2, -0.15) is 0 Å². The highest BCUT2D eigenvalue weighted by atomic mass is 32.1. The third kappa shape index (κ3) is 3.44. The van der Waals surface area contributed by atoms with E-state index in [0.717, 1.165) is 10.2 Å². The third-order valence-electron chi connectivity index (χ3n) is 3.17. The zero-order chi connectivity index (χ0) is 17.3. The van der Waals surface area contributed by atoms with Crippen LogP contribution in [0.15, 0.2) is 36.4 Å². The number of rotatable bonds is 3. The molecular weight excluding hydrogens is 326 g/mol. The molecule has 0 saturated heterocycles. The number of nitrogens with one attached hydrogen (secondary N) is 2. The zero-order valence-electron chi connectivity index (χ0n) is 12.8. The second-order valence-electron chi connectivity index (χ2n) is 5.23. The number of carbonyl (C=O) groups is 2. The summed E-state index contributed by atoms with van der Waals surface area (Å²) in [4.78, 5) is 27.7. The van der Waals surface area contributed by atoms with Gasteiger partial charge in [-0.25, -0.2) is 4.98 Å². The molecule has 2 amide bonds. The van der Waals surface area contributed by atoms with E-state index in [9.17, 15) is 9.59 Å². The van der Waals surface area contributed by atoms with E-state index in [4.69, 9.17) is 11.5 Å². The Kier molecular flexibility index (Phi) is 4.05. The smallest absolute Gasteiger partial charge is 0.255 e. The van der Waals surface area contributed by atoms with Crippen molar-refractivity contribution >= 4 is 55.6 Å². The fourth-order valence-electron chi connectivity index (χ4n) is 2.22. The van der Waals surface area contributed by atoms with Crippen LogP contribution >= 0.6 is 11.3 Å². The number of hydrogen-bond donors (Lipinski definition) is 4. The molecule has 8 heteroatoms. The number of nitrogen functional groups attached to an aromatic ring is 2. The molecule has 3 rings (SSSR count). The molecule has 122 valence electrons. The summed E-state index contributed by atoms with van der Waals surface area (Å²) in [5.41, 5.74) is 14.0. The summed E-state index contributed by atoms with van der Waals surface area (Å²) in [6, 6.07) is 10.0. The second-order valence-corrected chi connectivity index (χ2v) is 6.26. The first-order valence-electron chi connectivity index (χ1n) is 7.06. The number of amides is 2. The Bertz CT molecular complexity index is 931. The van der Waals surface area contributed by atoms with Gasteiger partial charge < -0.3 is 22.1 Å². The Morgan fingerprint density at radius 1 is 1.04 bits per heavy atom. The number of aromatic nitrogens is 1. The number of nitrogens with two attached hydrogens (primary N) is 2. The SMILES string of the molecule is CC(=O)Nc1nc2ccc(NC(=O)c3cc(N)cc(N)c3)cc2s1. The molecule has 2 aromatic carbocycles. The summed E-state index contributed by atoms with van der Waals surface area (Å²) in [6.45, 7) is 1.43.